The first-order valence-corrected chi connectivity index (χ1v) is 9.10. The molecule has 0 saturated carbocycles. The van der Waals surface area contributed by atoms with Crippen molar-refractivity contribution >= 4 is 17.5 Å². The standard InChI is InChI=1S/C19H21F2N7O2/c1-12-25-16(11-17(26-12)28-9-8-22-13(28)2)23-6-7-24-19(29)27-14-4-3-5-15(10-14)30-18(20)21/h3-5,8-11,18H,6-7H2,1-2H3,(H,23,25,26)(H2,24,27,29). The predicted molar refractivity (Wildman–Crippen MR) is 107 cm³/mol. The third-order valence-electron chi connectivity index (χ3n) is 3.93. The van der Waals surface area contributed by atoms with Crippen LogP contribution in [0.2, 0.25) is 0 Å². The Hall–Kier alpha value is -3.76. The van der Waals surface area contributed by atoms with Gasteiger partial charge in [-0.15, -0.1) is 0 Å². The van der Waals surface area contributed by atoms with E-state index >= 15 is 0 Å². The largest absolute Gasteiger partial charge is 0.435 e. The van der Waals surface area contributed by atoms with Gasteiger partial charge in [0.05, 0.1) is 0 Å². The number of benzene rings is 1. The fourth-order valence-electron chi connectivity index (χ4n) is 2.68. The van der Waals surface area contributed by atoms with Gasteiger partial charge in [-0.1, -0.05) is 6.07 Å². The molecule has 1 aromatic carbocycles. The lowest BCUT2D eigenvalue weighted by molar-refractivity contribution is -0.0497. The molecule has 30 heavy (non-hydrogen) atoms. The van der Waals surface area contributed by atoms with Gasteiger partial charge in [-0.3, -0.25) is 4.57 Å². The summed E-state index contributed by atoms with van der Waals surface area (Å²) < 4.78 is 30.7. The highest BCUT2D eigenvalue weighted by atomic mass is 19.3. The summed E-state index contributed by atoms with van der Waals surface area (Å²) in [5.74, 6) is 2.67. The molecule has 0 unspecified atom stereocenters. The van der Waals surface area contributed by atoms with E-state index in [2.05, 4.69) is 35.6 Å². The molecule has 9 nitrogen and oxygen atoms in total. The van der Waals surface area contributed by atoms with Crippen LogP contribution in [0.25, 0.3) is 5.82 Å². The number of carbonyl (C=O) groups excluding carboxylic acids is 1. The van der Waals surface area contributed by atoms with Crippen LogP contribution in [-0.4, -0.2) is 45.3 Å². The molecule has 0 aliphatic heterocycles. The highest BCUT2D eigenvalue weighted by Crippen LogP contribution is 2.19. The highest BCUT2D eigenvalue weighted by molar-refractivity contribution is 5.89. The second kappa shape index (κ2) is 9.63. The van der Waals surface area contributed by atoms with E-state index in [0.29, 0.717) is 36.2 Å². The van der Waals surface area contributed by atoms with Gasteiger partial charge in [-0.05, 0) is 26.0 Å². The van der Waals surface area contributed by atoms with Crippen molar-refractivity contribution in [2.75, 3.05) is 23.7 Å². The summed E-state index contributed by atoms with van der Waals surface area (Å²) in [6, 6.07) is 7.08. The number of aromatic nitrogens is 4. The quantitative estimate of drug-likeness (QED) is 0.487. The van der Waals surface area contributed by atoms with Crippen LogP contribution in [0.3, 0.4) is 0 Å². The molecule has 0 atom stereocenters. The molecule has 2 aromatic heterocycles. The molecule has 0 spiro atoms. The Morgan fingerprint density at radius 3 is 2.77 bits per heavy atom. The van der Waals surface area contributed by atoms with Gasteiger partial charge in [0.15, 0.2) is 0 Å². The zero-order valence-electron chi connectivity index (χ0n) is 16.4. The molecular formula is C19H21F2N7O2. The van der Waals surface area contributed by atoms with Crippen LogP contribution in [0.1, 0.15) is 11.6 Å². The maximum Gasteiger partial charge on any atom is 0.387 e. The van der Waals surface area contributed by atoms with Gasteiger partial charge in [0.2, 0.25) is 0 Å². The second-order valence-electron chi connectivity index (χ2n) is 6.22. The number of imidazole rings is 1. The summed E-state index contributed by atoms with van der Waals surface area (Å²) in [5, 5.41) is 8.35. The van der Waals surface area contributed by atoms with Crippen LogP contribution in [0.5, 0.6) is 5.75 Å². The first kappa shape index (κ1) is 21.0. The van der Waals surface area contributed by atoms with Gasteiger partial charge in [-0.2, -0.15) is 8.78 Å². The number of hydrogen-bond donors (Lipinski definition) is 3. The van der Waals surface area contributed by atoms with E-state index in [1.54, 1.807) is 25.3 Å². The van der Waals surface area contributed by atoms with Crippen molar-refractivity contribution in [3.63, 3.8) is 0 Å². The van der Waals surface area contributed by atoms with Crippen molar-refractivity contribution < 1.29 is 18.3 Å². The van der Waals surface area contributed by atoms with E-state index in [-0.39, 0.29) is 5.75 Å². The van der Waals surface area contributed by atoms with Crippen molar-refractivity contribution in [2.24, 2.45) is 0 Å². The Balaban J connectivity index is 1.49. The van der Waals surface area contributed by atoms with E-state index in [4.69, 9.17) is 0 Å². The average Bonchev–Trinajstić information content (AvgIpc) is 3.10. The fraction of sp³-hybridized carbons (Fsp3) is 0.263. The zero-order chi connectivity index (χ0) is 21.5. The molecule has 0 aliphatic rings. The Morgan fingerprint density at radius 2 is 2.03 bits per heavy atom. The molecule has 2 heterocycles. The Bertz CT molecular complexity index is 1010. The first-order chi connectivity index (χ1) is 14.4. The van der Waals surface area contributed by atoms with Crippen molar-refractivity contribution in [3.8, 4) is 11.6 Å². The van der Waals surface area contributed by atoms with E-state index in [1.165, 1.54) is 18.2 Å². The molecule has 2 amide bonds. The summed E-state index contributed by atoms with van der Waals surface area (Å²) in [6.07, 6.45) is 3.51. The molecule has 0 saturated heterocycles. The van der Waals surface area contributed by atoms with Crippen molar-refractivity contribution in [1.29, 1.82) is 0 Å². The number of nitrogens with zero attached hydrogens (tertiary/aromatic N) is 4. The van der Waals surface area contributed by atoms with Crippen LogP contribution in [0.15, 0.2) is 42.7 Å². The number of alkyl halides is 2. The number of rotatable bonds is 8. The lowest BCUT2D eigenvalue weighted by atomic mass is 10.3. The van der Waals surface area contributed by atoms with Gasteiger partial charge in [-0.25, -0.2) is 19.7 Å². The van der Waals surface area contributed by atoms with Gasteiger partial charge in [0.1, 0.15) is 29.0 Å². The van der Waals surface area contributed by atoms with Crippen LogP contribution >= 0.6 is 0 Å². The molecule has 3 rings (SSSR count). The number of ether oxygens (including phenoxy) is 1. The second-order valence-corrected chi connectivity index (χ2v) is 6.22. The minimum Gasteiger partial charge on any atom is -0.435 e. The summed E-state index contributed by atoms with van der Waals surface area (Å²) in [4.78, 5) is 24.9. The first-order valence-electron chi connectivity index (χ1n) is 9.10. The molecule has 3 aromatic rings. The smallest absolute Gasteiger partial charge is 0.387 e. The van der Waals surface area contributed by atoms with E-state index in [9.17, 15) is 13.6 Å². The van der Waals surface area contributed by atoms with Crippen molar-refractivity contribution in [3.05, 3.63) is 54.4 Å². The molecular weight excluding hydrogens is 396 g/mol. The van der Waals surface area contributed by atoms with Gasteiger partial charge in [0, 0.05) is 43.3 Å². The summed E-state index contributed by atoms with van der Waals surface area (Å²) >= 11 is 0. The Kier molecular flexibility index (Phi) is 6.73. The molecule has 3 N–H and O–H groups in total. The third-order valence-corrected chi connectivity index (χ3v) is 3.93. The fourth-order valence-corrected chi connectivity index (χ4v) is 2.68. The maximum absolute atomic E-state index is 12.3. The molecule has 0 radical (unpaired) electrons. The summed E-state index contributed by atoms with van der Waals surface area (Å²) in [7, 11) is 0. The van der Waals surface area contributed by atoms with Crippen LogP contribution in [0.4, 0.5) is 25.1 Å². The number of halogens is 2. The summed E-state index contributed by atoms with van der Waals surface area (Å²) in [5.41, 5.74) is 0.338. The number of carbonyl (C=O) groups is 1. The van der Waals surface area contributed by atoms with Gasteiger partial charge >= 0.3 is 12.6 Å². The van der Waals surface area contributed by atoms with E-state index in [1.807, 2.05) is 17.7 Å². The lowest BCUT2D eigenvalue weighted by Crippen LogP contribution is -2.32. The number of hydrogen-bond acceptors (Lipinski definition) is 6. The lowest BCUT2D eigenvalue weighted by Gasteiger charge is -2.11. The number of nitrogens with one attached hydrogen (secondary N) is 3. The van der Waals surface area contributed by atoms with Crippen molar-refractivity contribution in [2.45, 2.75) is 20.5 Å². The average molecular weight is 417 g/mol. The minimum atomic E-state index is -2.93. The van der Waals surface area contributed by atoms with E-state index in [0.717, 1.165) is 5.82 Å². The maximum atomic E-state index is 12.3. The Labute approximate surface area is 171 Å². The number of urea groups is 1. The van der Waals surface area contributed by atoms with Gasteiger partial charge < -0.3 is 20.7 Å². The molecule has 0 aliphatic carbocycles. The molecule has 11 heteroatoms. The highest BCUT2D eigenvalue weighted by Gasteiger charge is 2.08. The van der Waals surface area contributed by atoms with Gasteiger partial charge in [0.25, 0.3) is 0 Å². The van der Waals surface area contributed by atoms with Crippen molar-refractivity contribution in [1.82, 2.24) is 24.8 Å². The summed E-state index contributed by atoms with van der Waals surface area (Å²) in [6.45, 7) is 1.47. The number of anilines is 2. The molecule has 0 bridgehead atoms. The molecule has 158 valence electrons. The third kappa shape index (κ3) is 5.87. The number of amides is 2. The normalized spacial score (nSPS) is 10.7. The van der Waals surface area contributed by atoms with Crippen LogP contribution in [0, 0.1) is 13.8 Å². The monoisotopic (exact) mass is 417 g/mol. The SMILES string of the molecule is Cc1nc(NCCNC(=O)Nc2cccc(OC(F)F)c2)cc(-n2ccnc2C)n1. The minimum absolute atomic E-state index is 0.0347. The topological polar surface area (TPSA) is 106 Å². The zero-order valence-corrected chi connectivity index (χ0v) is 16.4. The van der Waals surface area contributed by atoms with Crippen LogP contribution in [-0.2, 0) is 0 Å². The van der Waals surface area contributed by atoms with Crippen LogP contribution < -0.4 is 20.7 Å². The Morgan fingerprint density at radius 1 is 1.20 bits per heavy atom. The molecule has 0 fully saturated rings. The van der Waals surface area contributed by atoms with E-state index < -0.39 is 12.6 Å². The predicted octanol–water partition coefficient (Wildman–Crippen LogP) is 3.11. The number of aryl methyl sites for hydroxylation is 2.